The van der Waals surface area contributed by atoms with Crippen molar-refractivity contribution in [1.82, 2.24) is 5.32 Å². The van der Waals surface area contributed by atoms with Gasteiger partial charge in [0.15, 0.2) is 0 Å². The van der Waals surface area contributed by atoms with Crippen molar-refractivity contribution in [3.05, 3.63) is 34.9 Å². The molecule has 0 aliphatic carbocycles. The second-order valence-corrected chi connectivity index (χ2v) is 5.18. The molecular weight excluding hydrogens is 222 g/mol. The molecule has 2 rings (SSSR count). The van der Waals surface area contributed by atoms with Crippen molar-refractivity contribution in [3.63, 3.8) is 0 Å². The Labute approximate surface area is 102 Å². The second kappa shape index (κ2) is 5.17. The number of benzene rings is 1. The van der Waals surface area contributed by atoms with Gasteiger partial charge in [0.2, 0.25) is 0 Å². The molecule has 0 spiro atoms. The Balaban J connectivity index is 2.08. The fraction of sp³-hybridized carbons (Fsp3) is 0.538. The minimum Gasteiger partial charge on any atom is -0.396 e. The van der Waals surface area contributed by atoms with E-state index in [4.69, 9.17) is 11.6 Å². The quantitative estimate of drug-likeness (QED) is 0.848. The molecule has 2 N–H and O–H groups in total. The molecule has 1 aliphatic rings. The summed E-state index contributed by atoms with van der Waals surface area (Å²) < 4.78 is 0. The van der Waals surface area contributed by atoms with E-state index in [2.05, 4.69) is 5.32 Å². The SMILES string of the molecule is OCC1(Cc2ccc(Cl)cc2)CCCNC1. The number of aliphatic hydroxyl groups excluding tert-OH is 1. The van der Waals surface area contributed by atoms with Gasteiger partial charge >= 0.3 is 0 Å². The van der Waals surface area contributed by atoms with Gasteiger partial charge in [-0.2, -0.15) is 0 Å². The summed E-state index contributed by atoms with van der Waals surface area (Å²) >= 11 is 5.86. The van der Waals surface area contributed by atoms with Crippen LogP contribution in [0.2, 0.25) is 5.02 Å². The summed E-state index contributed by atoms with van der Waals surface area (Å²) in [5.74, 6) is 0. The van der Waals surface area contributed by atoms with Crippen molar-refractivity contribution >= 4 is 11.6 Å². The van der Waals surface area contributed by atoms with Gasteiger partial charge in [0.05, 0.1) is 6.61 Å². The lowest BCUT2D eigenvalue weighted by Gasteiger charge is -2.36. The Bertz CT molecular complexity index is 330. The number of aliphatic hydroxyl groups is 1. The summed E-state index contributed by atoms with van der Waals surface area (Å²) in [6.45, 7) is 2.23. The average molecular weight is 240 g/mol. The molecule has 16 heavy (non-hydrogen) atoms. The summed E-state index contributed by atoms with van der Waals surface area (Å²) in [6, 6.07) is 7.93. The number of hydrogen-bond donors (Lipinski definition) is 2. The van der Waals surface area contributed by atoms with Crippen LogP contribution in [-0.2, 0) is 6.42 Å². The topological polar surface area (TPSA) is 32.3 Å². The molecule has 1 unspecified atom stereocenters. The Hall–Kier alpha value is -0.570. The van der Waals surface area contributed by atoms with Crippen LogP contribution in [0.1, 0.15) is 18.4 Å². The zero-order valence-corrected chi connectivity index (χ0v) is 10.1. The first-order valence-electron chi connectivity index (χ1n) is 5.80. The maximum atomic E-state index is 9.59. The molecule has 1 aromatic carbocycles. The van der Waals surface area contributed by atoms with E-state index in [1.165, 1.54) is 5.56 Å². The first-order chi connectivity index (χ1) is 7.74. The number of nitrogens with one attached hydrogen (secondary N) is 1. The van der Waals surface area contributed by atoms with E-state index in [-0.39, 0.29) is 12.0 Å². The normalized spacial score (nSPS) is 25.6. The van der Waals surface area contributed by atoms with Crippen LogP contribution in [-0.4, -0.2) is 24.8 Å². The first kappa shape index (κ1) is 11.9. The van der Waals surface area contributed by atoms with Gasteiger partial charge in [-0.3, -0.25) is 0 Å². The number of halogens is 1. The first-order valence-corrected chi connectivity index (χ1v) is 6.18. The zero-order chi connectivity index (χ0) is 11.4. The molecule has 1 aliphatic heterocycles. The molecule has 88 valence electrons. The van der Waals surface area contributed by atoms with E-state index in [9.17, 15) is 5.11 Å². The van der Waals surface area contributed by atoms with E-state index in [1.54, 1.807) is 0 Å². The molecule has 0 bridgehead atoms. The largest absolute Gasteiger partial charge is 0.396 e. The second-order valence-electron chi connectivity index (χ2n) is 4.74. The molecule has 0 saturated carbocycles. The third-order valence-electron chi connectivity index (χ3n) is 3.39. The van der Waals surface area contributed by atoms with Crippen LogP contribution in [0.15, 0.2) is 24.3 Å². The van der Waals surface area contributed by atoms with Crippen LogP contribution >= 0.6 is 11.6 Å². The fourth-order valence-electron chi connectivity index (χ4n) is 2.41. The third-order valence-corrected chi connectivity index (χ3v) is 3.64. The van der Waals surface area contributed by atoms with Crippen LogP contribution in [0.3, 0.4) is 0 Å². The zero-order valence-electron chi connectivity index (χ0n) is 9.38. The standard InChI is InChI=1S/C13H18ClNO/c14-12-4-2-11(3-5-12)8-13(10-16)6-1-7-15-9-13/h2-5,15-16H,1,6-10H2. The highest BCUT2D eigenvalue weighted by Gasteiger charge is 2.31. The number of piperidine rings is 1. The van der Waals surface area contributed by atoms with Gasteiger partial charge in [0, 0.05) is 17.0 Å². The molecule has 0 aromatic heterocycles. The van der Waals surface area contributed by atoms with E-state index >= 15 is 0 Å². The number of hydrogen-bond acceptors (Lipinski definition) is 2. The highest BCUT2D eigenvalue weighted by Crippen LogP contribution is 2.30. The minimum atomic E-state index is 0.0199. The maximum Gasteiger partial charge on any atom is 0.0502 e. The minimum absolute atomic E-state index is 0.0199. The van der Waals surface area contributed by atoms with E-state index in [0.29, 0.717) is 0 Å². The molecule has 0 radical (unpaired) electrons. The summed E-state index contributed by atoms with van der Waals surface area (Å²) in [5.41, 5.74) is 1.27. The number of rotatable bonds is 3. The van der Waals surface area contributed by atoms with Gasteiger partial charge in [0.1, 0.15) is 0 Å². The van der Waals surface area contributed by atoms with Crippen molar-refractivity contribution in [2.24, 2.45) is 5.41 Å². The molecule has 1 atom stereocenters. The Morgan fingerprint density at radius 1 is 1.31 bits per heavy atom. The molecule has 1 aromatic rings. The molecule has 1 saturated heterocycles. The van der Waals surface area contributed by atoms with Crippen molar-refractivity contribution in [3.8, 4) is 0 Å². The van der Waals surface area contributed by atoms with Gasteiger partial charge in [-0.05, 0) is 43.5 Å². The van der Waals surface area contributed by atoms with Gasteiger partial charge in [-0.25, -0.2) is 0 Å². The van der Waals surface area contributed by atoms with Crippen LogP contribution < -0.4 is 5.32 Å². The fourth-order valence-corrected chi connectivity index (χ4v) is 2.53. The van der Waals surface area contributed by atoms with Gasteiger partial charge in [-0.1, -0.05) is 23.7 Å². The van der Waals surface area contributed by atoms with Crippen LogP contribution in [0, 0.1) is 5.41 Å². The predicted octanol–water partition coefficient (Wildman–Crippen LogP) is 2.24. The smallest absolute Gasteiger partial charge is 0.0502 e. The predicted molar refractivity (Wildman–Crippen MR) is 66.8 cm³/mol. The van der Waals surface area contributed by atoms with Crippen LogP contribution in [0.4, 0.5) is 0 Å². The molecule has 0 amide bonds. The average Bonchev–Trinajstić information content (AvgIpc) is 2.33. The highest BCUT2D eigenvalue weighted by atomic mass is 35.5. The Morgan fingerprint density at radius 3 is 2.62 bits per heavy atom. The summed E-state index contributed by atoms with van der Waals surface area (Å²) in [4.78, 5) is 0. The molecule has 1 fully saturated rings. The monoisotopic (exact) mass is 239 g/mol. The van der Waals surface area contributed by atoms with Gasteiger partial charge < -0.3 is 10.4 Å². The van der Waals surface area contributed by atoms with E-state index < -0.39 is 0 Å². The van der Waals surface area contributed by atoms with Crippen molar-refractivity contribution in [1.29, 1.82) is 0 Å². The summed E-state index contributed by atoms with van der Waals surface area (Å²) in [6.07, 6.45) is 3.17. The van der Waals surface area contributed by atoms with Gasteiger partial charge in [0.25, 0.3) is 0 Å². The highest BCUT2D eigenvalue weighted by molar-refractivity contribution is 6.30. The summed E-state index contributed by atoms with van der Waals surface area (Å²) in [5, 5.41) is 13.7. The Morgan fingerprint density at radius 2 is 2.06 bits per heavy atom. The van der Waals surface area contributed by atoms with Crippen molar-refractivity contribution in [2.75, 3.05) is 19.7 Å². The van der Waals surface area contributed by atoms with Crippen molar-refractivity contribution in [2.45, 2.75) is 19.3 Å². The third kappa shape index (κ3) is 2.76. The van der Waals surface area contributed by atoms with Gasteiger partial charge in [-0.15, -0.1) is 0 Å². The van der Waals surface area contributed by atoms with Crippen LogP contribution in [0.25, 0.3) is 0 Å². The lowest BCUT2D eigenvalue weighted by Crippen LogP contribution is -2.44. The molecule has 1 heterocycles. The van der Waals surface area contributed by atoms with E-state index in [0.717, 1.165) is 37.4 Å². The lowest BCUT2D eigenvalue weighted by molar-refractivity contribution is 0.0948. The Kier molecular flexibility index (Phi) is 3.85. The maximum absolute atomic E-state index is 9.59. The van der Waals surface area contributed by atoms with E-state index in [1.807, 2.05) is 24.3 Å². The van der Waals surface area contributed by atoms with Crippen LogP contribution in [0.5, 0.6) is 0 Å². The lowest BCUT2D eigenvalue weighted by atomic mass is 9.76. The van der Waals surface area contributed by atoms with Crippen molar-refractivity contribution < 1.29 is 5.11 Å². The summed E-state index contributed by atoms with van der Waals surface area (Å²) in [7, 11) is 0. The molecular formula is C13H18ClNO. The molecule has 2 nitrogen and oxygen atoms in total. The molecule has 3 heteroatoms.